The standard InChI is InChI=1S/C25H17BrFN3O2/c1-2-15-7-10-17(11-8-15)30-14-20(18-5-3-4-6-19(18)25(30)31)24-28-23(29-32-24)16-9-12-22(27)21(26)13-16/h3-14H,2H2,1H3. The molecule has 158 valence electrons. The van der Waals surface area contributed by atoms with Crippen molar-refractivity contribution in [3.63, 3.8) is 0 Å². The largest absolute Gasteiger partial charge is 0.334 e. The molecule has 32 heavy (non-hydrogen) atoms. The van der Waals surface area contributed by atoms with Gasteiger partial charge in [-0.3, -0.25) is 9.36 Å². The van der Waals surface area contributed by atoms with Gasteiger partial charge in [-0.15, -0.1) is 0 Å². The van der Waals surface area contributed by atoms with Crippen molar-refractivity contribution < 1.29 is 8.91 Å². The summed E-state index contributed by atoms with van der Waals surface area (Å²) in [4.78, 5) is 17.7. The number of aromatic nitrogens is 3. The van der Waals surface area contributed by atoms with Crippen molar-refractivity contribution in [1.29, 1.82) is 0 Å². The minimum atomic E-state index is -0.371. The van der Waals surface area contributed by atoms with Crippen LogP contribution in [-0.4, -0.2) is 14.7 Å². The zero-order chi connectivity index (χ0) is 22.2. The Morgan fingerprint density at radius 3 is 2.50 bits per heavy atom. The van der Waals surface area contributed by atoms with Crippen molar-refractivity contribution in [2.45, 2.75) is 13.3 Å². The fourth-order valence-electron chi connectivity index (χ4n) is 3.63. The predicted octanol–water partition coefficient (Wildman–Crippen LogP) is 6.17. The number of hydrogen-bond acceptors (Lipinski definition) is 4. The van der Waals surface area contributed by atoms with E-state index in [1.54, 1.807) is 29.0 Å². The van der Waals surface area contributed by atoms with Gasteiger partial charge < -0.3 is 4.52 Å². The van der Waals surface area contributed by atoms with E-state index in [4.69, 9.17) is 4.52 Å². The molecule has 0 aliphatic carbocycles. The van der Waals surface area contributed by atoms with E-state index < -0.39 is 0 Å². The fraction of sp³-hybridized carbons (Fsp3) is 0.0800. The van der Waals surface area contributed by atoms with Crippen molar-refractivity contribution in [1.82, 2.24) is 14.7 Å². The monoisotopic (exact) mass is 489 g/mol. The van der Waals surface area contributed by atoms with Gasteiger partial charge in [0.2, 0.25) is 5.82 Å². The maximum atomic E-state index is 13.6. The smallest absolute Gasteiger partial charge is 0.262 e. The Kier molecular flexibility index (Phi) is 5.19. The van der Waals surface area contributed by atoms with Crippen molar-refractivity contribution in [2.24, 2.45) is 0 Å². The summed E-state index contributed by atoms with van der Waals surface area (Å²) in [6, 6.07) is 19.7. The van der Waals surface area contributed by atoms with E-state index >= 15 is 0 Å². The Morgan fingerprint density at radius 1 is 1.03 bits per heavy atom. The minimum absolute atomic E-state index is 0.129. The van der Waals surface area contributed by atoms with Crippen LogP contribution in [-0.2, 0) is 6.42 Å². The van der Waals surface area contributed by atoms with Gasteiger partial charge in [0.1, 0.15) is 5.82 Å². The molecular formula is C25H17BrFN3O2. The minimum Gasteiger partial charge on any atom is -0.334 e. The number of hydrogen-bond donors (Lipinski definition) is 0. The van der Waals surface area contributed by atoms with Crippen LogP contribution < -0.4 is 5.56 Å². The van der Waals surface area contributed by atoms with Gasteiger partial charge in [0, 0.05) is 28.2 Å². The highest BCUT2D eigenvalue weighted by molar-refractivity contribution is 9.10. The molecule has 3 aromatic carbocycles. The molecule has 0 aliphatic rings. The Labute approximate surface area is 191 Å². The Balaban J connectivity index is 1.68. The number of rotatable bonds is 4. The molecule has 0 N–H and O–H groups in total. The highest BCUT2D eigenvalue weighted by atomic mass is 79.9. The maximum absolute atomic E-state index is 13.6. The number of aryl methyl sites for hydroxylation is 1. The lowest BCUT2D eigenvalue weighted by Gasteiger charge is -2.11. The third-order valence-electron chi connectivity index (χ3n) is 5.38. The molecule has 0 bridgehead atoms. The lowest BCUT2D eigenvalue weighted by Crippen LogP contribution is -2.18. The number of nitrogens with zero attached hydrogens (tertiary/aromatic N) is 3. The van der Waals surface area contributed by atoms with Crippen molar-refractivity contribution >= 4 is 26.7 Å². The van der Waals surface area contributed by atoms with Gasteiger partial charge in [0.15, 0.2) is 0 Å². The van der Waals surface area contributed by atoms with E-state index in [-0.39, 0.29) is 17.3 Å². The highest BCUT2D eigenvalue weighted by Crippen LogP contribution is 2.29. The molecule has 0 saturated carbocycles. The van der Waals surface area contributed by atoms with Gasteiger partial charge in [-0.05, 0) is 64.3 Å². The fourth-order valence-corrected chi connectivity index (χ4v) is 4.01. The third-order valence-corrected chi connectivity index (χ3v) is 5.99. The molecule has 0 fully saturated rings. The molecule has 2 heterocycles. The molecule has 2 aromatic heterocycles. The first-order valence-electron chi connectivity index (χ1n) is 10.1. The van der Waals surface area contributed by atoms with Gasteiger partial charge >= 0.3 is 0 Å². The Morgan fingerprint density at radius 2 is 1.78 bits per heavy atom. The summed E-state index contributed by atoms with van der Waals surface area (Å²) in [5.74, 6) is 0.232. The van der Waals surface area contributed by atoms with Gasteiger partial charge in [0.25, 0.3) is 11.4 Å². The first kappa shape index (κ1) is 20.3. The van der Waals surface area contributed by atoms with E-state index in [2.05, 4.69) is 33.0 Å². The second kappa shape index (κ2) is 8.16. The van der Waals surface area contributed by atoms with Crippen LogP contribution in [0.2, 0.25) is 0 Å². The molecule has 0 unspecified atom stereocenters. The topological polar surface area (TPSA) is 60.9 Å². The zero-order valence-electron chi connectivity index (χ0n) is 17.0. The average molecular weight is 490 g/mol. The molecule has 0 atom stereocenters. The van der Waals surface area contributed by atoms with Crippen LogP contribution in [0.1, 0.15) is 12.5 Å². The predicted molar refractivity (Wildman–Crippen MR) is 125 cm³/mol. The first-order chi connectivity index (χ1) is 15.5. The Hall–Kier alpha value is -3.58. The summed E-state index contributed by atoms with van der Waals surface area (Å²) in [6.07, 6.45) is 2.64. The molecule has 0 spiro atoms. The van der Waals surface area contributed by atoms with Gasteiger partial charge in [0.05, 0.1) is 10.0 Å². The Bertz CT molecular complexity index is 1510. The average Bonchev–Trinajstić information content (AvgIpc) is 3.31. The van der Waals surface area contributed by atoms with E-state index in [9.17, 15) is 9.18 Å². The summed E-state index contributed by atoms with van der Waals surface area (Å²) in [6.45, 7) is 2.09. The second-order valence-electron chi connectivity index (χ2n) is 7.34. The molecule has 0 radical (unpaired) electrons. The summed E-state index contributed by atoms with van der Waals surface area (Å²) in [5.41, 5.74) is 3.06. The van der Waals surface area contributed by atoms with Crippen LogP contribution in [0.5, 0.6) is 0 Å². The molecule has 5 nitrogen and oxygen atoms in total. The van der Waals surface area contributed by atoms with E-state index in [1.807, 2.05) is 42.5 Å². The van der Waals surface area contributed by atoms with E-state index in [0.717, 1.165) is 17.5 Å². The maximum Gasteiger partial charge on any atom is 0.262 e. The van der Waals surface area contributed by atoms with Crippen LogP contribution in [0.15, 0.2) is 86.7 Å². The SMILES string of the molecule is CCc1ccc(-n2cc(-c3nc(-c4ccc(F)c(Br)c4)no3)c3ccccc3c2=O)cc1. The zero-order valence-corrected chi connectivity index (χ0v) is 18.6. The summed E-state index contributed by atoms with van der Waals surface area (Å²) in [7, 11) is 0. The van der Waals surface area contributed by atoms with Crippen molar-refractivity contribution in [2.75, 3.05) is 0 Å². The second-order valence-corrected chi connectivity index (χ2v) is 8.19. The lowest BCUT2D eigenvalue weighted by atomic mass is 10.1. The van der Waals surface area contributed by atoms with Crippen LogP contribution in [0.3, 0.4) is 0 Å². The number of benzene rings is 3. The number of pyridine rings is 1. The van der Waals surface area contributed by atoms with Crippen LogP contribution >= 0.6 is 15.9 Å². The lowest BCUT2D eigenvalue weighted by molar-refractivity contribution is 0.432. The van der Waals surface area contributed by atoms with E-state index in [0.29, 0.717) is 26.8 Å². The van der Waals surface area contributed by atoms with E-state index in [1.165, 1.54) is 11.6 Å². The first-order valence-corrected chi connectivity index (χ1v) is 10.9. The van der Waals surface area contributed by atoms with Crippen molar-refractivity contribution in [3.05, 3.63) is 99.1 Å². The van der Waals surface area contributed by atoms with Crippen LogP contribution in [0.4, 0.5) is 4.39 Å². The van der Waals surface area contributed by atoms with Crippen molar-refractivity contribution in [3.8, 4) is 28.5 Å². The normalized spacial score (nSPS) is 11.2. The van der Waals surface area contributed by atoms with Crippen LogP contribution in [0, 0.1) is 5.82 Å². The molecular weight excluding hydrogens is 473 g/mol. The van der Waals surface area contributed by atoms with Crippen LogP contribution in [0.25, 0.3) is 39.3 Å². The summed E-state index contributed by atoms with van der Waals surface area (Å²) in [5, 5.41) is 5.34. The third kappa shape index (κ3) is 3.54. The quantitative estimate of drug-likeness (QED) is 0.302. The number of fused-ring (bicyclic) bond motifs is 1. The molecule has 0 amide bonds. The van der Waals surface area contributed by atoms with Gasteiger partial charge in [-0.25, -0.2) is 4.39 Å². The van der Waals surface area contributed by atoms with Gasteiger partial charge in [-0.2, -0.15) is 4.98 Å². The van der Waals surface area contributed by atoms with Gasteiger partial charge in [-0.1, -0.05) is 42.4 Å². The summed E-state index contributed by atoms with van der Waals surface area (Å²) >= 11 is 3.18. The summed E-state index contributed by atoms with van der Waals surface area (Å²) < 4.78 is 21.1. The molecule has 7 heteroatoms. The molecule has 0 aliphatic heterocycles. The molecule has 0 saturated heterocycles. The number of halogens is 2. The molecule has 5 rings (SSSR count). The highest BCUT2D eigenvalue weighted by Gasteiger charge is 2.18. The molecule has 5 aromatic rings.